The zero-order valence-corrected chi connectivity index (χ0v) is 13.8. The lowest BCUT2D eigenvalue weighted by Gasteiger charge is -2.49. The highest BCUT2D eigenvalue weighted by Gasteiger charge is 2.37. The Labute approximate surface area is 118 Å². The Hall–Kier alpha value is 0.270. The zero-order chi connectivity index (χ0) is 13.6. The monoisotopic (exact) mass is 272 g/mol. The van der Waals surface area contributed by atoms with Gasteiger partial charge in [-0.05, 0) is 43.7 Å². The van der Waals surface area contributed by atoms with Crippen LogP contribution in [0.1, 0.15) is 47.0 Å². The van der Waals surface area contributed by atoms with Crippen molar-refractivity contribution >= 4 is 11.8 Å². The first kappa shape index (κ1) is 16.3. The van der Waals surface area contributed by atoms with Crippen molar-refractivity contribution in [2.75, 3.05) is 31.6 Å². The number of rotatable bonds is 7. The van der Waals surface area contributed by atoms with Crippen LogP contribution in [0.5, 0.6) is 0 Å². The summed E-state index contributed by atoms with van der Waals surface area (Å²) in [6, 6.07) is 0.720. The first-order valence-corrected chi connectivity index (χ1v) is 8.96. The van der Waals surface area contributed by atoms with Crippen LogP contribution >= 0.6 is 11.8 Å². The maximum absolute atomic E-state index is 3.84. The number of thioether (sulfide) groups is 1. The van der Waals surface area contributed by atoms with Crippen LogP contribution in [0.2, 0.25) is 0 Å². The Morgan fingerprint density at radius 1 is 1.33 bits per heavy atom. The Kier molecular flexibility index (Phi) is 7.04. The molecule has 18 heavy (non-hydrogen) atoms. The molecule has 1 atom stereocenters. The second-order valence-corrected chi connectivity index (χ2v) is 6.98. The predicted molar refractivity (Wildman–Crippen MR) is 84.5 cm³/mol. The minimum atomic E-state index is 0.366. The topological polar surface area (TPSA) is 15.3 Å². The molecule has 1 heterocycles. The lowest BCUT2D eigenvalue weighted by Crippen LogP contribution is -2.65. The molecule has 1 N–H and O–H groups in total. The fourth-order valence-corrected chi connectivity index (χ4v) is 3.47. The summed E-state index contributed by atoms with van der Waals surface area (Å²) in [5.74, 6) is 2.04. The van der Waals surface area contributed by atoms with Crippen LogP contribution in [0.4, 0.5) is 0 Å². The highest BCUT2D eigenvalue weighted by Crippen LogP contribution is 2.25. The van der Waals surface area contributed by atoms with Gasteiger partial charge in [-0.1, -0.05) is 27.7 Å². The Morgan fingerprint density at radius 3 is 2.50 bits per heavy atom. The number of piperazine rings is 1. The van der Waals surface area contributed by atoms with Gasteiger partial charge in [0.15, 0.2) is 0 Å². The van der Waals surface area contributed by atoms with Crippen molar-refractivity contribution in [3.8, 4) is 0 Å². The van der Waals surface area contributed by atoms with Gasteiger partial charge in [0, 0.05) is 24.7 Å². The molecule has 1 fully saturated rings. The summed E-state index contributed by atoms with van der Waals surface area (Å²) in [7, 11) is 0. The van der Waals surface area contributed by atoms with Gasteiger partial charge in [-0.2, -0.15) is 11.8 Å². The summed E-state index contributed by atoms with van der Waals surface area (Å²) >= 11 is 1.97. The second-order valence-electron chi connectivity index (χ2n) is 6.00. The Balaban J connectivity index is 2.63. The van der Waals surface area contributed by atoms with E-state index in [4.69, 9.17) is 0 Å². The van der Waals surface area contributed by atoms with Crippen molar-refractivity contribution in [2.45, 2.75) is 58.5 Å². The van der Waals surface area contributed by atoms with Gasteiger partial charge in [-0.3, -0.25) is 4.90 Å². The molecule has 1 aliphatic rings. The summed E-state index contributed by atoms with van der Waals surface area (Å²) in [6.07, 6.45) is 6.02. The lowest BCUT2D eigenvalue weighted by atomic mass is 9.86. The summed E-state index contributed by atoms with van der Waals surface area (Å²) in [6.45, 7) is 13.0. The Morgan fingerprint density at radius 2 is 2.00 bits per heavy atom. The van der Waals surface area contributed by atoms with Crippen LogP contribution < -0.4 is 5.32 Å². The highest BCUT2D eigenvalue weighted by atomic mass is 32.2. The molecule has 0 aromatic heterocycles. The molecule has 1 aliphatic heterocycles. The van der Waals surface area contributed by atoms with Gasteiger partial charge < -0.3 is 5.32 Å². The van der Waals surface area contributed by atoms with Crippen LogP contribution in [0.3, 0.4) is 0 Å². The number of hydrogen-bond donors (Lipinski definition) is 1. The van der Waals surface area contributed by atoms with Crippen LogP contribution in [-0.4, -0.2) is 48.1 Å². The van der Waals surface area contributed by atoms with Crippen LogP contribution in [-0.2, 0) is 0 Å². The largest absolute Gasteiger partial charge is 0.308 e. The van der Waals surface area contributed by atoms with E-state index in [1.165, 1.54) is 44.6 Å². The van der Waals surface area contributed by atoms with Gasteiger partial charge in [0.1, 0.15) is 0 Å². The third-order valence-electron chi connectivity index (χ3n) is 4.58. The SMILES string of the molecule is CCC1(CC)CN(CCCSC)C(C(C)C)CN1. The number of hydrogen-bond acceptors (Lipinski definition) is 3. The van der Waals surface area contributed by atoms with Crippen LogP contribution in [0.25, 0.3) is 0 Å². The Bertz CT molecular complexity index is 227. The van der Waals surface area contributed by atoms with E-state index in [9.17, 15) is 0 Å². The summed E-state index contributed by atoms with van der Waals surface area (Å²) in [5.41, 5.74) is 0.366. The molecular weight excluding hydrogens is 240 g/mol. The maximum atomic E-state index is 3.84. The van der Waals surface area contributed by atoms with E-state index in [0.29, 0.717) is 5.54 Å². The molecule has 0 aliphatic carbocycles. The molecule has 3 heteroatoms. The molecule has 0 bridgehead atoms. The molecular formula is C15H32N2S. The van der Waals surface area contributed by atoms with Gasteiger partial charge in [-0.25, -0.2) is 0 Å². The predicted octanol–water partition coefficient (Wildman–Crippen LogP) is 3.23. The van der Waals surface area contributed by atoms with Gasteiger partial charge in [0.2, 0.25) is 0 Å². The van der Waals surface area contributed by atoms with Crippen LogP contribution in [0, 0.1) is 5.92 Å². The van der Waals surface area contributed by atoms with E-state index in [0.717, 1.165) is 12.0 Å². The van der Waals surface area contributed by atoms with Gasteiger partial charge in [0.25, 0.3) is 0 Å². The van der Waals surface area contributed by atoms with Crippen LogP contribution in [0.15, 0.2) is 0 Å². The van der Waals surface area contributed by atoms with Crippen molar-refractivity contribution in [1.82, 2.24) is 10.2 Å². The van der Waals surface area contributed by atoms with Crippen molar-refractivity contribution < 1.29 is 0 Å². The molecule has 1 saturated heterocycles. The highest BCUT2D eigenvalue weighted by molar-refractivity contribution is 7.98. The molecule has 1 unspecified atom stereocenters. The van der Waals surface area contributed by atoms with E-state index in [2.05, 4.69) is 44.2 Å². The van der Waals surface area contributed by atoms with Crippen molar-refractivity contribution in [1.29, 1.82) is 0 Å². The summed E-state index contributed by atoms with van der Waals surface area (Å²) < 4.78 is 0. The van der Waals surface area contributed by atoms with Crippen molar-refractivity contribution in [3.05, 3.63) is 0 Å². The summed E-state index contributed by atoms with van der Waals surface area (Å²) in [5, 5.41) is 3.84. The molecule has 0 aromatic rings. The molecule has 0 amide bonds. The third kappa shape index (κ3) is 4.14. The van der Waals surface area contributed by atoms with Gasteiger partial charge in [0.05, 0.1) is 0 Å². The normalized spacial score (nSPS) is 24.7. The summed E-state index contributed by atoms with van der Waals surface area (Å²) in [4.78, 5) is 2.75. The molecule has 1 rings (SSSR count). The minimum absolute atomic E-state index is 0.366. The molecule has 0 saturated carbocycles. The first-order valence-electron chi connectivity index (χ1n) is 7.56. The fraction of sp³-hybridized carbons (Fsp3) is 1.00. The molecule has 0 radical (unpaired) electrons. The van der Waals surface area contributed by atoms with E-state index < -0.39 is 0 Å². The lowest BCUT2D eigenvalue weighted by molar-refractivity contribution is 0.0509. The zero-order valence-electron chi connectivity index (χ0n) is 13.0. The van der Waals surface area contributed by atoms with E-state index in [-0.39, 0.29) is 0 Å². The van der Waals surface area contributed by atoms with Crippen molar-refractivity contribution in [3.63, 3.8) is 0 Å². The fourth-order valence-electron chi connectivity index (χ4n) is 3.05. The standard InChI is InChI=1S/C15H32N2S/c1-6-15(7-2)12-17(9-8-10-18-5)14(11-16-15)13(3)4/h13-14,16H,6-12H2,1-5H3. The number of nitrogens with one attached hydrogen (secondary N) is 1. The third-order valence-corrected chi connectivity index (χ3v) is 5.27. The molecule has 108 valence electrons. The minimum Gasteiger partial charge on any atom is -0.308 e. The van der Waals surface area contributed by atoms with Gasteiger partial charge >= 0.3 is 0 Å². The van der Waals surface area contributed by atoms with E-state index >= 15 is 0 Å². The maximum Gasteiger partial charge on any atom is 0.0304 e. The molecule has 0 spiro atoms. The number of nitrogens with zero attached hydrogens (tertiary/aromatic N) is 1. The quantitative estimate of drug-likeness (QED) is 0.716. The van der Waals surface area contributed by atoms with Crippen molar-refractivity contribution in [2.24, 2.45) is 5.92 Å². The van der Waals surface area contributed by atoms with E-state index in [1.807, 2.05) is 11.8 Å². The molecule has 2 nitrogen and oxygen atoms in total. The average molecular weight is 273 g/mol. The first-order chi connectivity index (χ1) is 8.58. The molecule has 0 aromatic carbocycles. The average Bonchev–Trinajstić information content (AvgIpc) is 2.38. The second kappa shape index (κ2) is 7.76. The smallest absolute Gasteiger partial charge is 0.0304 e. The van der Waals surface area contributed by atoms with Gasteiger partial charge in [-0.15, -0.1) is 0 Å². The van der Waals surface area contributed by atoms with E-state index in [1.54, 1.807) is 0 Å².